The van der Waals surface area contributed by atoms with Crippen LogP contribution in [-0.4, -0.2) is 30.4 Å². The first kappa shape index (κ1) is 12.1. The molecule has 1 aliphatic carbocycles. The fourth-order valence-corrected chi connectivity index (χ4v) is 2.95. The lowest BCUT2D eigenvalue weighted by Crippen LogP contribution is -2.35. The lowest BCUT2D eigenvalue weighted by atomic mass is 10.4. The van der Waals surface area contributed by atoms with E-state index in [-0.39, 0.29) is 5.91 Å². The summed E-state index contributed by atoms with van der Waals surface area (Å²) in [7, 11) is 1.85. The van der Waals surface area contributed by atoms with E-state index in [1.807, 2.05) is 19.2 Å². The predicted molar refractivity (Wildman–Crippen MR) is 69.5 cm³/mol. The van der Waals surface area contributed by atoms with Gasteiger partial charge in [0.05, 0.1) is 16.9 Å². The lowest BCUT2D eigenvalue weighted by molar-refractivity contribution is -0.129. The molecule has 1 saturated carbocycles. The van der Waals surface area contributed by atoms with Gasteiger partial charge in [0.1, 0.15) is 0 Å². The molecule has 0 aromatic carbocycles. The highest BCUT2D eigenvalue weighted by molar-refractivity contribution is 9.11. The summed E-state index contributed by atoms with van der Waals surface area (Å²) in [5, 5.41) is 3.23. The third kappa shape index (κ3) is 3.57. The Hall–Kier alpha value is -0.390. The predicted octanol–water partition coefficient (Wildman–Crippen LogP) is 2.22. The van der Waals surface area contributed by atoms with Gasteiger partial charge in [-0.05, 0) is 40.9 Å². The van der Waals surface area contributed by atoms with Crippen molar-refractivity contribution in [3.63, 3.8) is 0 Å². The third-order valence-electron chi connectivity index (χ3n) is 2.57. The summed E-state index contributed by atoms with van der Waals surface area (Å²) in [5.74, 6) is 0.163. The molecule has 5 heteroatoms. The zero-order chi connectivity index (χ0) is 11.5. The van der Waals surface area contributed by atoms with Gasteiger partial charge in [-0.2, -0.15) is 0 Å². The molecule has 0 spiro atoms. The number of hydrogen-bond acceptors (Lipinski definition) is 3. The van der Waals surface area contributed by atoms with Crippen molar-refractivity contribution in [2.45, 2.75) is 25.4 Å². The number of amides is 1. The molecule has 1 N–H and O–H groups in total. The SMILES string of the molecule is CN(Cc1ccc(Br)s1)C(=O)CNC1CC1. The molecule has 0 radical (unpaired) electrons. The molecule has 0 aliphatic heterocycles. The molecule has 1 fully saturated rings. The van der Waals surface area contributed by atoms with Gasteiger partial charge < -0.3 is 10.2 Å². The standard InChI is InChI=1S/C11H15BrN2OS/c1-14(7-9-4-5-10(12)16-9)11(15)6-13-8-2-3-8/h4-5,8,13H,2-3,6-7H2,1H3. The molecule has 1 aliphatic rings. The molecule has 2 rings (SSSR count). The second kappa shape index (κ2) is 5.29. The van der Waals surface area contributed by atoms with Crippen LogP contribution in [0.4, 0.5) is 0 Å². The molecule has 0 unspecified atom stereocenters. The van der Waals surface area contributed by atoms with Gasteiger partial charge in [0.2, 0.25) is 5.91 Å². The zero-order valence-electron chi connectivity index (χ0n) is 9.20. The topological polar surface area (TPSA) is 32.3 Å². The van der Waals surface area contributed by atoms with E-state index in [2.05, 4.69) is 21.2 Å². The van der Waals surface area contributed by atoms with Gasteiger partial charge in [0.15, 0.2) is 0 Å². The van der Waals surface area contributed by atoms with Gasteiger partial charge in [-0.3, -0.25) is 4.79 Å². The Morgan fingerprint density at radius 2 is 2.38 bits per heavy atom. The molecule has 1 aromatic heterocycles. The van der Waals surface area contributed by atoms with Crippen molar-refractivity contribution < 1.29 is 4.79 Å². The Morgan fingerprint density at radius 1 is 1.62 bits per heavy atom. The molecule has 16 heavy (non-hydrogen) atoms. The summed E-state index contributed by atoms with van der Waals surface area (Å²) >= 11 is 5.09. The van der Waals surface area contributed by atoms with Gasteiger partial charge in [-0.25, -0.2) is 0 Å². The summed E-state index contributed by atoms with van der Waals surface area (Å²) in [6, 6.07) is 4.65. The van der Waals surface area contributed by atoms with E-state index in [9.17, 15) is 4.79 Å². The fraction of sp³-hybridized carbons (Fsp3) is 0.545. The summed E-state index contributed by atoms with van der Waals surface area (Å²) in [6.07, 6.45) is 2.43. The minimum absolute atomic E-state index is 0.163. The normalized spacial score (nSPS) is 15.1. The van der Waals surface area contributed by atoms with Gasteiger partial charge in [-0.1, -0.05) is 0 Å². The number of rotatable bonds is 5. The first-order valence-corrected chi connectivity index (χ1v) is 6.97. The first-order chi connectivity index (χ1) is 7.65. The summed E-state index contributed by atoms with van der Waals surface area (Å²) < 4.78 is 1.11. The third-order valence-corrected chi connectivity index (χ3v) is 4.18. The molecule has 0 saturated heterocycles. The highest BCUT2D eigenvalue weighted by Gasteiger charge is 2.22. The maximum absolute atomic E-state index is 11.7. The number of nitrogens with one attached hydrogen (secondary N) is 1. The summed E-state index contributed by atoms with van der Waals surface area (Å²) in [4.78, 5) is 14.7. The zero-order valence-corrected chi connectivity index (χ0v) is 11.6. The van der Waals surface area contributed by atoms with E-state index in [0.29, 0.717) is 19.1 Å². The van der Waals surface area contributed by atoms with Crippen molar-refractivity contribution >= 4 is 33.2 Å². The molecular weight excluding hydrogens is 288 g/mol. The molecule has 88 valence electrons. The van der Waals surface area contributed by atoms with Crippen LogP contribution < -0.4 is 5.32 Å². The van der Waals surface area contributed by atoms with Gasteiger partial charge >= 0.3 is 0 Å². The van der Waals surface area contributed by atoms with Crippen LogP contribution in [0.1, 0.15) is 17.7 Å². The van der Waals surface area contributed by atoms with Crippen molar-refractivity contribution in [1.82, 2.24) is 10.2 Å². The van der Waals surface area contributed by atoms with Crippen LogP contribution in [0.15, 0.2) is 15.9 Å². The van der Waals surface area contributed by atoms with Crippen LogP contribution in [0, 0.1) is 0 Å². The Morgan fingerprint density at radius 3 is 2.94 bits per heavy atom. The molecule has 0 bridgehead atoms. The summed E-state index contributed by atoms with van der Waals surface area (Å²) in [6.45, 7) is 1.16. The molecular formula is C11H15BrN2OS. The minimum atomic E-state index is 0.163. The molecule has 0 atom stereocenters. The second-order valence-corrected chi connectivity index (χ2v) is 6.66. The lowest BCUT2D eigenvalue weighted by Gasteiger charge is -2.16. The number of carbonyl (C=O) groups is 1. The molecule has 1 aromatic rings. The molecule has 1 heterocycles. The minimum Gasteiger partial charge on any atom is -0.340 e. The Bertz CT molecular complexity index is 376. The first-order valence-electron chi connectivity index (χ1n) is 5.36. The smallest absolute Gasteiger partial charge is 0.236 e. The van der Waals surface area contributed by atoms with Gasteiger partial charge in [-0.15, -0.1) is 11.3 Å². The van der Waals surface area contributed by atoms with E-state index in [1.165, 1.54) is 17.7 Å². The van der Waals surface area contributed by atoms with E-state index >= 15 is 0 Å². The summed E-state index contributed by atoms with van der Waals surface area (Å²) in [5.41, 5.74) is 0. The Balaban J connectivity index is 1.77. The Kier molecular flexibility index (Phi) is 4.00. The number of likely N-dealkylation sites (N-methyl/N-ethyl adjacent to an activating group) is 1. The maximum atomic E-state index is 11.7. The van der Waals surface area contributed by atoms with E-state index < -0.39 is 0 Å². The van der Waals surface area contributed by atoms with E-state index in [4.69, 9.17) is 0 Å². The number of hydrogen-bond donors (Lipinski definition) is 1. The van der Waals surface area contributed by atoms with Gasteiger partial charge in [0.25, 0.3) is 0 Å². The number of nitrogens with zero attached hydrogens (tertiary/aromatic N) is 1. The number of carbonyl (C=O) groups excluding carboxylic acids is 1. The van der Waals surface area contributed by atoms with Crippen LogP contribution in [-0.2, 0) is 11.3 Å². The number of thiophene rings is 1. The fourth-order valence-electron chi connectivity index (χ4n) is 1.41. The monoisotopic (exact) mass is 302 g/mol. The van der Waals surface area contributed by atoms with Crippen LogP contribution in [0.3, 0.4) is 0 Å². The highest BCUT2D eigenvalue weighted by Crippen LogP contribution is 2.23. The van der Waals surface area contributed by atoms with Crippen LogP contribution in [0.25, 0.3) is 0 Å². The number of halogens is 1. The van der Waals surface area contributed by atoms with Crippen LogP contribution in [0.2, 0.25) is 0 Å². The largest absolute Gasteiger partial charge is 0.340 e. The molecule has 3 nitrogen and oxygen atoms in total. The average molecular weight is 303 g/mol. The quantitative estimate of drug-likeness (QED) is 0.904. The van der Waals surface area contributed by atoms with Crippen molar-refractivity contribution in [2.75, 3.05) is 13.6 Å². The van der Waals surface area contributed by atoms with Gasteiger partial charge in [0, 0.05) is 18.0 Å². The molecule has 1 amide bonds. The van der Waals surface area contributed by atoms with Crippen molar-refractivity contribution in [3.8, 4) is 0 Å². The van der Waals surface area contributed by atoms with Crippen molar-refractivity contribution in [1.29, 1.82) is 0 Å². The van der Waals surface area contributed by atoms with Crippen molar-refractivity contribution in [3.05, 3.63) is 20.8 Å². The van der Waals surface area contributed by atoms with Crippen molar-refractivity contribution in [2.24, 2.45) is 0 Å². The van der Waals surface area contributed by atoms with E-state index in [1.54, 1.807) is 16.2 Å². The maximum Gasteiger partial charge on any atom is 0.236 e. The van der Waals surface area contributed by atoms with Crippen LogP contribution >= 0.6 is 27.3 Å². The van der Waals surface area contributed by atoms with Crippen LogP contribution in [0.5, 0.6) is 0 Å². The Labute approximate surface area is 108 Å². The highest BCUT2D eigenvalue weighted by atomic mass is 79.9. The average Bonchev–Trinajstić information content (AvgIpc) is 2.99. The van der Waals surface area contributed by atoms with E-state index in [0.717, 1.165) is 3.79 Å². The second-order valence-electron chi connectivity index (χ2n) is 4.11.